The van der Waals surface area contributed by atoms with E-state index in [4.69, 9.17) is 13.7 Å². The van der Waals surface area contributed by atoms with Crippen molar-refractivity contribution in [3.63, 3.8) is 0 Å². The molecule has 3 saturated carbocycles. The molecule has 22 heavy (non-hydrogen) atoms. The van der Waals surface area contributed by atoms with Crippen LogP contribution in [0.3, 0.4) is 0 Å². The summed E-state index contributed by atoms with van der Waals surface area (Å²) >= 11 is 0. The molecule has 0 aromatic carbocycles. The molecule has 4 fully saturated rings. The minimum Gasteiger partial charge on any atom is -0.353 e. The van der Waals surface area contributed by atoms with Crippen LogP contribution < -0.4 is 0 Å². The molecule has 0 amide bonds. The lowest BCUT2D eigenvalue weighted by Gasteiger charge is -2.30. The highest BCUT2D eigenvalue weighted by atomic mass is 32.2. The van der Waals surface area contributed by atoms with E-state index in [1.54, 1.807) is 0 Å². The Balaban J connectivity index is 1.50. The SMILES string of the molecule is CS(=O)(=O)O[C@@H]1C[C@H]2CC[C@H]3C[C@@H](O[C@@H]4CCCCO4)[C@H]1[C@H]23. The lowest BCUT2D eigenvalue weighted by atomic mass is 9.92. The van der Waals surface area contributed by atoms with E-state index in [1.165, 1.54) is 12.8 Å². The summed E-state index contributed by atoms with van der Waals surface area (Å²) in [7, 11) is -3.41. The zero-order chi connectivity index (χ0) is 15.3. The van der Waals surface area contributed by atoms with Gasteiger partial charge in [-0.25, -0.2) is 0 Å². The van der Waals surface area contributed by atoms with Crippen LogP contribution in [0.2, 0.25) is 0 Å². The smallest absolute Gasteiger partial charge is 0.264 e. The molecule has 4 aliphatic rings. The van der Waals surface area contributed by atoms with Gasteiger partial charge in [0.05, 0.1) is 18.5 Å². The Hall–Kier alpha value is -0.170. The third-order valence-electron chi connectivity index (χ3n) is 6.13. The van der Waals surface area contributed by atoms with Crippen molar-refractivity contribution < 1.29 is 22.1 Å². The molecule has 126 valence electrons. The highest BCUT2D eigenvalue weighted by Crippen LogP contribution is 2.60. The van der Waals surface area contributed by atoms with Crippen LogP contribution in [-0.4, -0.2) is 39.8 Å². The van der Waals surface area contributed by atoms with Crippen molar-refractivity contribution >= 4 is 10.1 Å². The Morgan fingerprint density at radius 2 is 1.68 bits per heavy atom. The molecule has 0 aromatic rings. The molecule has 0 bridgehead atoms. The van der Waals surface area contributed by atoms with Crippen LogP contribution in [-0.2, 0) is 23.8 Å². The summed E-state index contributed by atoms with van der Waals surface area (Å²) in [5.41, 5.74) is 0. The molecule has 1 heterocycles. The van der Waals surface area contributed by atoms with E-state index in [1.807, 2.05) is 0 Å². The van der Waals surface area contributed by atoms with Crippen molar-refractivity contribution in [2.75, 3.05) is 12.9 Å². The number of hydrogen-bond donors (Lipinski definition) is 0. The average Bonchev–Trinajstić information content (AvgIpc) is 3.07. The minimum absolute atomic E-state index is 0.101. The molecule has 1 aliphatic heterocycles. The maximum atomic E-state index is 11.6. The fourth-order valence-electron chi connectivity index (χ4n) is 5.51. The van der Waals surface area contributed by atoms with Crippen molar-refractivity contribution in [2.24, 2.45) is 23.7 Å². The Morgan fingerprint density at radius 3 is 2.32 bits per heavy atom. The first-order valence-electron chi connectivity index (χ1n) is 8.66. The van der Waals surface area contributed by atoms with Crippen LogP contribution >= 0.6 is 0 Å². The van der Waals surface area contributed by atoms with Crippen LogP contribution in [0.1, 0.15) is 44.9 Å². The summed E-state index contributed by atoms with van der Waals surface area (Å²) in [6.45, 7) is 0.779. The van der Waals surface area contributed by atoms with Crippen LogP contribution in [0.15, 0.2) is 0 Å². The normalized spacial score (nSPS) is 47.8. The van der Waals surface area contributed by atoms with Gasteiger partial charge in [0.2, 0.25) is 0 Å². The zero-order valence-electron chi connectivity index (χ0n) is 13.1. The molecule has 5 nitrogen and oxygen atoms in total. The van der Waals surface area contributed by atoms with Crippen molar-refractivity contribution in [1.82, 2.24) is 0 Å². The molecule has 4 rings (SSSR count). The third-order valence-corrected chi connectivity index (χ3v) is 6.73. The Morgan fingerprint density at radius 1 is 0.955 bits per heavy atom. The summed E-state index contributed by atoms with van der Waals surface area (Å²) in [6.07, 6.45) is 8.62. The fraction of sp³-hybridized carbons (Fsp3) is 1.00. The highest BCUT2D eigenvalue weighted by Gasteiger charge is 2.59. The molecular weight excluding hydrogens is 304 g/mol. The van der Waals surface area contributed by atoms with Crippen molar-refractivity contribution in [2.45, 2.75) is 63.4 Å². The second-order valence-electron chi connectivity index (χ2n) is 7.53. The summed E-state index contributed by atoms with van der Waals surface area (Å²) in [4.78, 5) is 0. The van der Waals surface area contributed by atoms with Crippen LogP contribution in [0.4, 0.5) is 0 Å². The van der Waals surface area contributed by atoms with Crippen molar-refractivity contribution in [1.29, 1.82) is 0 Å². The number of hydrogen-bond acceptors (Lipinski definition) is 5. The monoisotopic (exact) mass is 330 g/mol. The van der Waals surface area contributed by atoms with Gasteiger partial charge in [-0.15, -0.1) is 0 Å². The molecule has 0 radical (unpaired) electrons. The van der Waals surface area contributed by atoms with E-state index in [2.05, 4.69) is 0 Å². The molecule has 3 aliphatic carbocycles. The summed E-state index contributed by atoms with van der Waals surface area (Å²) in [5.74, 6) is 2.15. The van der Waals surface area contributed by atoms with Gasteiger partial charge in [0, 0.05) is 12.5 Å². The van der Waals surface area contributed by atoms with Crippen LogP contribution in [0, 0.1) is 23.7 Å². The summed E-state index contributed by atoms with van der Waals surface area (Å²) in [5, 5.41) is 0. The Kier molecular flexibility index (Phi) is 4.00. The second-order valence-corrected chi connectivity index (χ2v) is 9.13. The predicted octanol–water partition coefficient (Wildman–Crippen LogP) is 2.31. The van der Waals surface area contributed by atoms with Gasteiger partial charge < -0.3 is 9.47 Å². The molecule has 1 saturated heterocycles. The van der Waals surface area contributed by atoms with Gasteiger partial charge in [0.15, 0.2) is 6.29 Å². The van der Waals surface area contributed by atoms with Gasteiger partial charge >= 0.3 is 0 Å². The molecule has 6 heteroatoms. The van der Waals surface area contributed by atoms with Crippen LogP contribution in [0.5, 0.6) is 0 Å². The fourth-order valence-corrected chi connectivity index (χ4v) is 6.17. The second kappa shape index (κ2) is 5.72. The van der Waals surface area contributed by atoms with Crippen LogP contribution in [0.25, 0.3) is 0 Å². The maximum Gasteiger partial charge on any atom is 0.264 e. The topological polar surface area (TPSA) is 61.8 Å². The highest BCUT2D eigenvalue weighted by molar-refractivity contribution is 7.86. The van der Waals surface area contributed by atoms with Gasteiger partial charge in [-0.3, -0.25) is 4.18 Å². The van der Waals surface area contributed by atoms with E-state index >= 15 is 0 Å². The lowest BCUT2D eigenvalue weighted by Crippen LogP contribution is -2.36. The average molecular weight is 330 g/mol. The van der Waals surface area contributed by atoms with Gasteiger partial charge in [-0.2, -0.15) is 8.42 Å². The Bertz CT molecular complexity index is 513. The van der Waals surface area contributed by atoms with Crippen molar-refractivity contribution in [3.05, 3.63) is 0 Å². The molecule has 0 N–H and O–H groups in total. The van der Waals surface area contributed by atoms with Gasteiger partial charge in [-0.05, 0) is 62.7 Å². The minimum atomic E-state index is -3.41. The van der Waals surface area contributed by atoms with E-state index < -0.39 is 10.1 Å². The quantitative estimate of drug-likeness (QED) is 0.740. The van der Waals surface area contributed by atoms with E-state index in [0.717, 1.165) is 45.0 Å². The first-order chi connectivity index (χ1) is 10.5. The standard InChI is InChI=1S/C16H26O5S/c1-22(17,18)21-13-9-11-6-5-10-8-12(16(13)15(10)11)20-14-4-2-3-7-19-14/h10-16H,2-9H2,1H3/t10-,11+,12+,13+,14+,15-,16+/m0/s1. The first kappa shape index (κ1) is 15.4. The maximum absolute atomic E-state index is 11.6. The van der Waals surface area contributed by atoms with Crippen molar-refractivity contribution in [3.8, 4) is 0 Å². The summed E-state index contributed by atoms with van der Waals surface area (Å²) in [6, 6.07) is 0. The van der Waals surface area contributed by atoms with E-state index in [9.17, 15) is 8.42 Å². The Labute approximate surface area is 132 Å². The molecule has 7 atom stereocenters. The zero-order valence-corrected chi connectivity index (χ0v) is 14.0. The molecule has 0 aromatic heterocycles. The molecule has 0 spiro atoms. The number of rotatable bonds is 4. The van der Waals surface area contributed by atoms with E-state index in [0.29, 0.717) is 17.8 Å². The first-order valence-corrected chi connectivity index (χ1v) is 10.5. The van der Waals surface area contributed by atoms with Gasteiger partial charge in [0.1, 0.15) is 0 Å². The summed E-state index contributed by atoms with van der Waals surface area (Å²) < 4.78 is 40.6. The van der Waals surface area contributed by atoms with Gasteiger partial charge in [-0.1, -0.05) is 0 Å². The molecular formula is C16H26O5S. The third kappa shape index (κ3) is 2.83. The van der Waals surface area contributed by atoms with E-state index in [-0.39, 0.29) is 24.4 Å². The molecule has 0 unspecified atom stereocenters. The lowest BCUT2D eigenvalue weighted by molar-refractivity contribution is -0.199. The number of ether oxygens (including phenoxy) is 2. The van der Waals surface area contributed by atoms with Gasteiger partial charge in [0.25, 0.3) is 10.1 Å². The largest absolute Gasteiger partial charge is 0.353 e. The predicted molar refractivity (Wildman–Crippen MR) is 80.6 cm³/mol.